The van der Waals surface area contributed by atoms with E-state index < -0.39 is 0 Å². The first-order chi connectivity index (χ1) is 5.36. The SMILES string of the molecule is Cl.O=c1cnc2ccc[nH]c-2c1. The van der Waals surface area contributed by atoms with Crippen molar-refractivity contribution in [3.63, 3.8) is 0 Å². The van der Waals surface area contributed by atoms with Gasteiger partial charge in [0, 0.05) is 12.3 Å². The van der Waals surface area contributed by atoms with Crippen LogP contribution in [0.15, 0.2) is 35.4 Å². The van der Waals surface area contributed by atoms with Gasteiger partial charge in [0.25, 0.3) is 0 Å². The van der Waals surface area contributed by atoms with Crippen LogP contribution in [0.1, 0.15) is 0 Å². The topological polar surface area (TPSA) is 45.8 Å². The normalized spacial score (nSPS) is 9.33. The molecule has 0 saturated heterocycles. The van der Waals surface area contributed by atoms with Crippen molar-refractivity contribution in [3.8, 4) is 11.4 Å². The van der Waals surface area contributed by atoms with E-state index in [2.05, 4.69) is 9.97 Å². The summed E-state index contributed by atoms with van der Waals surface area (Å²) in [5, 5.41) is 0. The maximum Gasteiger partial charge on any atom is 0.198 e. The van der Waals surface area contributed by atoms with Crippen molar-refractivity contribution in [1.82, 2.24) is 9.97 Å². The average Bonchev–Trinajstić information content (AvgIpc) is 2.04. The molecule has 0 saturated carbocycles. The summed E-state index contributed by atoms with van der Waals surface area (Å²) in [5.41, 5.74) is 1.52. The van der Waals surface area contributed by atoms with E-state index >= 15 is 0 Å². The lowest BCUT2D eigenvalue weighted by Gasteiger charge is -1.99. The molecule has 0 unspecified atom stereocenters. The number of hydrogen-bond acceptors (Lipinski definition) is 2. The van der Waals surface area contributed by atoms with E-state index in [0.717, 1.165) is 11.4 Å². The fraction of sp³-hybridized carbons (Fsp3) is 0. The Labute approximate surface area is 75.2 Å². The van der Waals surface area contributed by atoms with Crippen LogP contribution in [-0.2, 0) is 0 Å². The highest BCUT2D eigenvalue weighted by molar-refractivity contribution is 5.85. The molecular formula is C8H7ClN2O. The molecule has 0 fully saturated rings. The fourth-order valence-corrected chi connectivity index (χ4v) is 0.982. The zero-order valence-corrected chi connectivity index (χ0v) is 6.97. The van der Waals surface area contributed by atoms with Crippen molar-refractivity contribution < 1.29 is 0 Å². The summed E-state index contributed by atoms with van der Waals surface area (Å²) in [6.07, 6.45) is 3.08. The first kappa shape index (κ1) is 8.74. The molecule has 0 bridgehead atoms. The maximum absolute atomic E-state index is 10.8. The highest BCUT2D eigenvalue weighted by atomic mass is 35.5. The molecule has 2 aliphatic heterocycles. The lowest BCUT2D eigenvalue weighted by atomic mass is 10.2. The molecule has 0 radical (unpaired) electrons. The van der Waals surface area contributed by atoms with Gasteiger partial charge in [0.1, 0.15) is 0 Å². The van der Waals surface area contributed by atoms with E-state index in [1.54, 1.807) is 6.20 Å². The van der Waals surface area contributed by atoms with Crippen LogP contribution in [0.3, 0.4) is 0 Å². The Hall–Kier alpha value is -1.35. The lowest BCUT2D eigenvalue weighted by Crippen LogP contribution is -2.01. The Morgan fingerprint density at radius 2 is 2.25 bits per heavy atom. The van der Waals surface area contributed by atoms with Gasteiger partial charge in [-0.25, -0.2) is 0 Å². The largest absolute Gasteiger partial charge is 0.360 e. The predicted octanol–water partition coefficient (Wildman–Crippen LogP) is 1.30. The molecule has 4 heteroatoms. The zero-order valence-electron chi connectivity index (χ0n) is 6.15. The third-order valence-corrected chi connectivity index (χ3v) is 1.48. The minimum atomic E-state index is -0.0695. The van der Waals surface area contributed by atoms with Crippen LogP contribution in [0.5, 0.6) is 0 Å². The van der Waals surface area contributed by atoms with Gasteiger partial charge < -0.3 is 4.98 Å². The highest BCUT2D eigenvalue weighted by Gasteiger charge is 1.99. The van der Waals surface area contributed by atoms with Crippen molar-refractivity contribution in [2.45, 2.75) is 0 Å². The van der Waals surface area contributed by atoms with Crippen molar-refractivity contribution in [2.75, 3.05) is 0 Å². The summed E-state index contributed by atoms with van der Waals surface area (Å²) in [7, 11) is 0. The van der Waals surface area contributed by atoms with Crippen molar-refractivity contribution >= 4 is 12.4 Å². The van der Waals surface area contributed by atoms with Crippen LogP contribution in [0.25, 0.3) is 11.4 Å². The zero-order chi connectivity index (χ0) is 7.68. The standard InChI is InChI=1S/C8H6N2O.ClH/c11-6-4-8-7(10-5-6)2-1-3-9-8;/h1-5,9H;1H. The Morgan fingerprint density at radius 3 is 3.08 bits per heavy atom. The molecule has 62 valence electrons. The molecule has 0 atom stereocenters. The third-order valence-electron chi connectivity index (χ3n) is 1.48. The van der Waals surface area contributed by atoms with Gasteiger partial charge >= 0.3 is 0 Å². The van der Waals surface area contributed by atoms with Crippen LogP contribution in [0, 0.1) is 0 Å². The van der Waals surface area contributed by atoms with Crippen LogP contribution < -0.4 is 5.43 Å². The van der Waals surface area contributed by atoms with Gasteiger partial charge in [-0.1, -0.05) is 0 Å². The summed E-state index contributed by atoms with van der Waals surface area (Å²) >= 11 is 0. The quantitative estimate of drug-likeness (QED) is 0.668. The Morgan fingerprint density at radius 1 is 1.42 bits per heavy atom. The number of aromatic nitrogens is 2. The number of hydrogen-bond donors (Lipinski definition) is 1. The molecule has 3 nitrogen and oxygen atoms in total. The van der Waals surface area contributed by atoms with Crippen LogP contribution in [0.2, 0.25) is 0 Å². The van der Waals surface area contributed by atoms with Crippen LogP contribution in [0.4, 0.5) is 0 Å². The molecule has 12 heavy (non-hydrogen) atoms. The van der Waals surface area contributed by atoms with Gasteiger partial charge in [0.05, 0.1) is 17.6 Å². The van der Waals surface area contributed by atoms with Crippen LogP contribution >= 0.6 is 12.4 Å². The number of fused-ring (bicyclic) bond motifs is 1. The number of halogens is 1. The van der Waals surface area contributed by atoms with E-state index in [4.69, 9.17) is 0 Å². The average molecular weight is 183 g/mol. The van der Waals surface area contributed by atoms with E-state index in [9.17, 15) is 4.79 Å². The third kappa shape index (κ3) is 1.46. The summed E-state index contributed by atoms with van der Waals surface area (Å²) < 4.78 is 0. The van der Waals surface area contributed by atoms with E-state index in [0.29, 0.717) is 0 Å². The second-order valence-corrected chi connectivity index (χ2v) is 2.27. The number of aromatic amines is 1. The van der Waals surface area contributed by atoms with Crippen molar-refractivity contribution in [3.05, 3.63) is 40.8 Å². The summed E-state index contributed by atoms with van der Waals surface area (Å²) in [6, 6.07) is 5.23. The number of pyridine rings is 2. The number of nitrogens with zero attached hydrogens (tertiary/aromatic N) is 1. The van der Waals surface area contributed by atoms with Crippen molar-refractivity contribution in [1.29, 1.82) is 0 Å². The van der Waals surface area contributed by atoms with Gasteiger partial charge in [-0.3, -0.25) is 9.78 Å². The molecule has 0 aromatic carbocycles. The Bertz CT molecular complexity index is 399. The first-order valence-electron chi connectivity index (χ1n) is 3.30. The fourth-order valence-electron chi connectivity index (χ4n) is 0.982. The van der Waals surface area contributed by atoms with Gasteiger partial charge in [-0.2, -0.15) is 0 Å². The molecular weight excluding hydrogens is 176 g/mol. The van der Waals surface area contributed by atoms with Gasteiger partial charge in [0.2, 0.25) is 0 Å². The molecule has 2 rings (SSSR count). The number of nitrogens with one attached hydrogen (secondary N) is 1. The van der Waals surface area contributed by atoms with Crippen molar-refractivity contribution in [2.24, 2.45) is 0 Å². The molecule has 2 aliphatic rings. The monoisotopic (exact) mass is 182 g/mol. The lowest BCUT2D eigenvalue weighted by molar-refractivity contribution is 1.20. The molecule has 0 aromatic heterocycles. The molecule has 0 amide bonds. The smallest absolute Gasteiger partial charge is 0.198 e. The minimum absolute atomic E-state index is 0. The second kappa shape index (κ2) is 3.36. The van der Waals surface area contributed by atoms with Gasteiger partial charge in [-0.15, -0.1) is 12.4 Å². The summed E-state index contributed by atoms with van der Waals surface area (Å²) in [4.78, 5) is 17.7. The Balaban J connectivity index is 0.000000720. The minimum Gasteiger partial charge on any atom is -0.360 e. The van der Waals surface area contributed by atoms with Gasteiger partial charge in [-0.05, 0) is 12.1 Å². The van der Waals surface area contributed by atoms with E-state index in [1.165, 1.54) is 12.3 Å². The predicted molar refractivity (Wildman–Crippen MR) is 48.7 cm³/mol. The maximum atomic E-state index is 10.8. The molecule has 2 heterocycles. The first-order valence-corrected chi connectivity index (χ1v) is 3.30. The second-order valence-electron chi connectivity index (χ2n) is 2.27. The molecule has 0 aliphatic carbocycles. The summed E-state index contributed by atoms with van der Waals surface area (Å²) in [5.74, 6) is 0. The number of H-pyrrole nitrogens is 1. The Kier molecular flexibility index (Phi) is 2.45. The van der Waals surface area contributed by atoms with Crippen LogP contribution in [-0.4, -0.2) is 9.97 Å². The highest BCUT2D eigenvalue weighted by Crippen LogP contribution is 2.10. The van der Waals surface area contributed by atoms with E-state index in [-0.39, 0.29) is 17.8 Å². The number of rotatable bonds is 0. The summed E-state index contributed by atoms with van der Waals surface area (Å²) in [6.45, 7) is 0. The molecule has 0 aromatic rings. The molecule has 0 spiro atoms. The molecule has 1 N–H and O–H groups in total. The van der Waals surface area contributed by atoms with E-state index in [1.807, 2.05) is 12.1 Å². The van der Waals surface area contributed by atoms with Gasteiger partial charge in [0.15, 0.2) is 5.43 Å².